The van der Waals surface area contributed by atoms with Crippen molar-refractivity contribution >= 4 is 35.8 Å². The minimum atomic E-state index is -1.09. The van der Waals surface area contributed by atoms with Crippen molar-refractivity contribution in [3.63, 3.8) is 0 Å². The van der Waals surface area contributed by atoms with Gasteiger partial charge in [0.1, 0.15) is 17.1 Å². The summed E-state index contributed by atoms with van der Waals surface area (Å²) in [5.41, 5.74) is 1.31. The molecular formula is C22H33IN4O3. The number of carbonyl (C=O) groups is 1. The van der Waals surface area contributed by atoms with Crippen molar-refractivity contribution in [3.8, 4) is 0 Å². The summed E-state index contributed by atoms with van der Waals surface area (Å²) in [6.45, 7) is 8.90. The highest BCUT2D eigenvalue weighted by Gasteiger charge is 2.27. The zero-order valence-electron chi connectivity index (χ0n) is 18.6. The van der Waals surface area contributed by atoms with E-state index in [1.165, 1.54) is 0 Å². The predicted octanol–water partition coefficient (Wildman–Crippen LogP) is 3.18. The molecule has 1 atom stereocenters. The van der Waals surface area contributed by atoms with E-state index in [9.17, 15) is 9.90 Å². The van der Waals surface area contributed by atoms with Crippen molar-refractivity contribution in [1.82, 2.24) is 15.5 Å². The van der Waals surface area contributed by atoms with E-state index >= 15 is 0 Å². The average molecular weight is 528 g/mol. The summed E-state index contributed by atoms with van der Waals surface area (Å²) in [5, 5.41) is 17.3. The summed E-state index contributed by atoms with van der Waals surface area (Å²) in [6.07, 6.45) is 0. The molecule has 30 heavy (non-hydrogen) atoms. The number of hydrogen-bond acceptors (Lipinski definition) is 4. The highest BCUT2D eigenvalue weighted by Crippen LogP contribution is 2.26. The largest absolute Gasteiger partial charge is 0.466 e. The molecule has 166 valence electrons. The molecule has 0 aliphatic carbocycles. The van der Waals surface area contributed by atoms with Gasteiger partial charge in [0.05, 0.1) is 13.1 Å². The van der Waals surface area contributed by atoms with Crippen molar-refractivity contribution in [1.29, 1.82) is 0 Å². The van der Waals surface area contributed by atoms with Gasteiger partial charge in [0.25, 0.3) is 5.91 Å². The molecular weight excluding hydrogens is 495 g/mol. The SMILES string of the molecule is CCNC(=NCc1ccc(C(=O)N(C)C)cc1)NCC(C)(O)c1cc(C)oc1C.I. The van der Waals surface area contributed by atoms with Crippen LogP contribution < -0.4 is 10.6 Å². The number of aliphatic hydroxyl groups is 1. The van der Waals surface area contributed by atoms with Crippen molar-refractivity contribution in [2.75, 3.05) is 27.2 Å². The van der Waals surface area contributed by atoms with Gasteiger partial charge < -0.3 is 25.1 Å². The number of rotatable bonds is 7. The second kappa shape index (κ2) is 11.4. The van der Waals surface area contributed by atoms with Crippen molar-refractivity contribution in [2.24, 2.45) is 4.99 Å². The lowest BCUT2D eigenvalue weighted by Crippen LogP contribution is -2.44. The van der Waals surface area contributed by atoms with E-state index in [0.29, 0.717) is 30.4 Å². The topological polar surface area (TPSA) is 90.1 Å². The molecule has 2 rings (SSSR count). The first-order valence-electron chi connectivity index (χ1n) is 9.76. The van der Waals surface area contributed by atoms with E-state index in [2.05, 4.69) is 15.6 Å². The highest BCUT2D eigenvalue weighted by atomic mass is 127. The number of carbonyl (C=O) groups excluding carboxylic acids is 1. The molecule has 0 radical (unpaired) electrons. The van der Waals surface area contributed by atoms with E-state index in [4.69, 9.17) is 4.42 Å². The van der Waals surface area contributed by atoms with Crippen LogP contribution in [0.15, 0.2) is 39.7 Å². The molecule has 2 aromatic rings. The molecule has 7 nitrogen and oxygen atoms in total. The molecule has 0 aliphatic rings. The first-order valence-corrected chi connectivity index (χ1v) is 9.76. The first kappa shape index (κ1) is 26.0. The number of nitrogens with one attached hydrogen (secondary N) is 2. The molecule has 1 aromatic heterocycles. The maximum Gasteiger partial charge on any atom is 0.253 e. The third-order valence-electron chi connectivity index (χ3n) is 4.59. The van der Waals surface area contributed by atoms with Crippen LogP contribution in [0, 0.1) is 13.8 Å². The Morgan fingerprint density at radius 2 is 1.83 bits per heavy atom. The molecule has 0 saturated carbocycles. The Kier molecular flexibility index (Phi) is 9.83. The maximum atomic E-state index is 12.0. The molecule has 1 aromatic carbocycles. The smallest absolute Gasteiger partial charge is 0.253 e. The summed E-state index contributed by atoms with van der Waals surface area (Å²) >= 11 is 0. The molecule has 3 N–H and O–H groups in total. The average Bonchev–Trinajstić information content (AvgIpc) is 3.03. The van der Waals surface area contributed by atoms with Crippen LogP contribution in [-0.4, -0.2) is 49.1 Å². The fourth-order valence-corrected chi connectivity index (χ4v) is 3.04. The summed E-state index contributed by atoms with van der Waals surface area (Å²) in [6, 6.07) is 9.28. The summed E-state index contributed by atoms with van der Waals surface area (Å²) in [5.74, 6) is 2.07. The van der Waals surface area contributed by atoms with Gasteiger partial charge in [0.2, 0.25) is 0 Å². The fraction of sp³-hybridized carbons (Fsp3) is 0.455. The number of aryl methyl sites for hydroxylation is 2. The fourth-order valence-electron chi connectivity index (χ4n) is 3.04. The number of guanidine groups is 1. The van der Waals surface area contributed by atoms with E-state index in [0.717, 1.165) is 16.9 Å². The molecule has 1 heterocycles. The lowest BCUT2D eigenvalue weighted by molar-refractivity contribution is 0.0601. The Hall–Kier alpha value is -2.07. The molecule has 8 heteroatoms. The van der Waals surface area contributed by atoms with E-state index in [-0.39, 0.29) is 36.4 Å². The lowest BCUT2D eigenvalue weighted by atomic mass is 9.96. The molecule has 1 amide bonds. The Balaban J connectivity index is 0.00000450. The van der Waals surface area contributed by atoms with Crippen LogP contribution in [0.5, 0.6) is 0 Å². The van der Waals surface area contributed by atoms with Gasteiger partial charge in [-0.05, 0) is 51.5 Å². The van der Waals surface area contributed by atoms with Gasteiger partial charge >= 0.3 is 0 Å². The molecule has 0 spiro atoms. The third-order valence-corrected chi connectivity index (χ3v) is 4.59. The summed E-state index contributed by atoms with van der Waals surface area (Å²) < 4.78 is 5.54. The van der Waals surface area contributed by atoms with Crippen LogP contribution in [0.2, 0.25) is 0 Å². The minimum Gasteiger partial charge on any atom is -0.466 e. The van der Waals surface area contributed by atoms with Crippen LogP contribution in [0.25, 0.3) is 0 Å². The minimum absolute atomic E-state index is 0. The third kappa shape index (κ3) is 7.02. The second-order valence-corrected chi connectivity index (χ2v) is 7.55. The van der Waals surface area contributed by atoms with Crippen molar-refractivity contribution < 1.29 is 14.3 Å². The van der Waals surface area contributed by atoms with Gasteiger partial charge in [-0.15, -0.1) is 24.0 Å². The molecule has 1 unspecified atom stereocenters. The predicted molar refractivity (Wildman–Crippen MR) is 130 cm³/mol. The Morgan fingerprint density at radius 3 is 2.33 bits per heavy atom. The molecule has 0 bridgehead atoms. The van der Waals surface area contributed by atoms with Crippen molar-refractivity contribution in [2.45, 2.75) is 39.8 Å². The maximum absolute atomic E-state index is 12.0. The van der Waals surface area contributed by atoms with Gasteiger partial charge in [-0.25, -0.2) is 4.99 Å². The van der Waals surface area contributed by atoms with Crippen molar-refractivity contribution in [3.05, 3.63) is 58.5 Å². The monoisotopic (exact) mass is 528 g/mol. The summed E-state index contributed by atoms with van der Waals surface area (Å²) in [4.78, 5) is 18.1. The van der Waals surface area contributed by atoms with E-state index in [1.807, 2.05) is 51.1 Å². The molecule has 0 aliphatic heterocycles. The van der Waals surface area contributed by atoms with Crippen LogP contribution >= 0.6 is 24.0 Å². The Bertz CT molecular complexity index is 858. The Morgan fingerprint density at radius 1 is 1.20 bits per heavy atom. The number of aliphatic imine (C=N–C) groups is 1. The zero-order chi connectivity index (χ0) is 21.6. The number of benzene rings is 1. The highest BCUT2D eigenvalue weighted by molar-refractivity contribution is 14.0. The standard InChI is InChI=1S/C22H32N4O3.HI/c1-7-23-21(25-14-22(4,28)19-12-15(2)29-16(19)3)24-13-17-8-10-18(11-9-17)20(27)26(5)6;/h8-12,28H,7,13-14H2,1-6H3,(H2,23,24,25);1H. The van der Waals surface area contributed by atoms with Crippen LogP contribution in [0.3, 0.4) is 0 Å². The number of furan rings is 1. The lowest BCUT2D eigenvalue weighted by Gasteiger charge is -2.24. The quantitative estimate of drug-likeness (QED) is 0.292. The van der Waals surface area contributed by atoms with Crippen LogP contribution in [0.4, 0.5) is 0 Å². The number of halogens is 1. The van der Waals surface area contributed by atoms with Gasteiger partial charge in [0, 0.05) is 31.8 Å². The summed E-state index contributed by atoms with van der Waals surface area (Å²) in [7, 11) is 3.46. The number of nitrogens with zero attached hydrogens (tertiary/aromatic N) is 2. The van der Waals surface area contributed by atoms with Crippen LogP contribution in [-0.2, 0) is 12.1 Å². The molecule has 0 fully saturated rings. The van der Waals surface area contributed by atoms with Gasteiger partial charge in [-0.3, -0.25) is 4.79 Å². The van der Waals surface area contributed by atoms with Gasteiger partial charge in [-0.2, -0.15) is 0 Å². The number of amides is 1. The molecule has 0 saturated heterocycles. The van der Waals surface area contributed by atoms with E-state index < -0.39 is 5.60 Å². The number of hydrogen-bond donors (Lipinski definition) is 3. The normalized spacial score (nSPS) is 13.2. The second-order valence-electron chi connectivity index (χ2n) is 7.55. The van der Waals surface area contributed by atoms with Gasteiger partial charge in [-0.1, -0.05) is 12.1 Å². The first-order chi connectivity index (χ1) is 13.6. The Labute approximate surface area is 196 Å². The van der Waals surface area contributed by atoms with Crippen LogP contribution in [0.1, 0.15) is 46.9 Å². The van der Waals surface area contributed by atoms with Gasteiger partial charge in [0.15, 0.2) is 5.96 Å². The van der Waals surface area contributed by atoms with E-state index in [1.54, 1.807) is 25.9 Å². The zero-order valence-corrected chi connectivity index (χ0v) is 20.9.